The van der Waals surface area contributed by atoms with E-state index >= 15 is 0 Å². The van der Waals surface area contributed by atoms with Crippen LogP contribution in [0.4, 0.5) is 0 Å². The Morgan fingerprint density at radius 3 is 0.500 bits per heavy atom. The fourth-order valence-electron chi connectivity index (χ4n) is 0. The van der Waals surface area contributed by atoms with Gasteiger partial charge < -0.3 is 38.3 Å². The molecule has 0 fully saturated rings. The standard InChI is InChI=1S/H2O3.7H2O/c1-3-2;;;;;;;/h1-2H;7*1H2. The molecule has 10 nitrogen and oxygen atoms in total. The van der Waals surface area contributed by atoms with Crippen molar-refractivity contribution >= 4 is 0 Å². The third kappa shape index (κ3) is 2070. The molecule has 0 aromatic carbocycles. The minimum atomic E-state index is 0. The highest BCUT2D eigenvalue weighted by atomic mass is 17.4. The Labute approximate surface area is 55.3 Å². The first-order valence-corrected chi connectivity index (χ1v) is 0.365. The second-order valence-electron chi connectivity index (χ2n) is 0.0816. The van der Waals surface area contributed by atoms with Crippen molar-refractivity contribution in [3.8, 4) is 0 Å². The van der Waals surface area contributed by atoms with Crippen molar-refractivity contribution in [3.05, 3.63) is 0 Å². The summed E-state index contributed by atoms with van der Waals surface area (Å²) < 4.78 is 0. The Morgan fingerprint density at radius 1 is 0.500 bits per heavy atom. The molecule has 0 radical (unpaired) electrons. The summed E-state index contributed by atoms with van der Waals surface area (Å²) >= 11 is 0. The lowest BCUT2D eigenvalue weighted by Crippen LogP contribution is -1.60. The van der Waals surface area contributed by atoms with E-state index in [0.717, 1.165) is 0 Å². The largest absolute Gasteiger partial charge is 0.412 e. The van der Waals surface area contributed by atoms with Crippen LogP contribution >= 0.6 is 0 Å². The van der Waals surface area contributed by atoms with E-state index in [4.69, 9.17) is 10.5 Å². The van der Waals surface area contributed by atoms with Crippen LogP contribution in [0.1, 0.15) is 0 Å². The van der Waals surface area contributed by atoms with Gasteiger partial charge in [0, 0.05) is 0 Å². The van der Waals surface area contributed by atoms with E-state index in [1.807, 2.05) is 0 Å². The lowest BCUT2D eigenvalue weighted by atomic mass is 14.6. The zero-order valence-corrected chi connectivity index (χ0v) is 4.80. The zero-order valence-electron chi connectivity index (χ0n) is 4.80. The van der Waals surface area contributed by atoms with Crippen molar-refractivity contribution in [2.24, 2.45) is 0 Å². The van der Waals surface area contributed by atoms with Crippen LogP contribution in [0.5, 0.6) is 0 Å². The van der Waals surface area contributed by atoms with Crippen LogP contribution in [0.3, 0.4) is 0 Å². The van der Waals surface area contributed by atoms with Gasteiger partial charge in [0.1, 0.15) is 0 Å². The van der Waals surface area contributed by atoms with Gasteiger partial charge in [-0.15, -0.1) is 0 Å². The molecule has 76 valence electrons. The molecule has 0 unspecified atom stereocenters. The molecule has 0 saturated carbocycles. The van der Waals surface area contributed by atoms with Crippen molar-refractivity contribution in [2.45, 2.75) is 0 Å². The summed E-state index contributed by atoms with van der Waals surface area (Å²) in [4.78, 5) is 0. The van der Waals surface area contributed by atoms with Crippen LogP contribution in [0.25, 0.3) is 0 Å². The molecule has 10 heavy (non-hydrogen) atoms. The van der Waals surface area contributed by atoms with Crippen LogP contribution < -0.4 is 0 Å². The minimum Gasteiger partial charge on any atom is -0.412 e. The predicted molar refractivity (Wildman–Crippen MR) is 31.6 cm³/mol. The molecule has 0 aliphatic carbocycles. The van der Waals surface area contributed by atoms with E-state index in [-0.39, 0.29) is 38.3 Å². The molecule has 0 aromatic heterocycles. The van der Waals surface area contributed by atoms with Gasteiger partial charge in [-0.2, -0.15) is 0 Å². The van der Waals surface area contributed by atoms with Crippen molar-refractivity contribution in [1.29, 1.82) is 0 Å². The Balaban J connectivity index is -0.000000000952. The summed E-state index contributed by atoms with van der Waals surface area (Å²) in [5, 5.41) is 15.5. The first-order valence-electron chi connectivity index (χ1n) is 0.365. The average molecular weight is 176 g/mol. The van der Waals surface area contributed by atoms with Gasteiger partial charge in [0.2, 0.25) is 0 Å². The summed E-state index contributed by atoms with van der Waals surface area (Å²) in [7, 11) is 0. The molecule has 16 N–H and O–H groups in total. The van der Waals surface area contributed by atoms with Crippen LogP contribution in [-0.4, -0.2) is 48.8 Å². The van der Waals surface area contributed by atoms with Gasteiger partial charge in [-0.1, -0.05) is 5.04 Å². The van der Waals surface area contributed by atoms with Crippen molar-refractivity contribution < 1.29 is 53.9 Å². The summed E-state index contributed by atoms with van der Waals surface area (Å²) in [6.45, 7) is 0. The highest BCUT2D eigenvalue weighted by Crippen LogP contribution is 1.24. The summed E-state index contributed by atoms with van der Waals surface area (Å²) in [6, 6.07) is 0. The van der Waals surface area contributed by atoms with Gasteiger partial charge in [0.15, 0.2) is 0 Å². The topological polar surface area (TPSA) is 270 Å². The Hall–Kier alpha value is -0.400. The quantitative estimate of drug-likeness (QED) is 0.269. The van der Waals surface area contributed by atoms with E-state index in [1.54, 1.807) is 0 Å². The maximum Gasteiger partial charge on any atom is -0.0737 e. The third-order valence-electron chi connectivity index (χ3n) is 0. The molecule has 0 rings (SSSR count). The van der Waals surface area contributed by atoms with Crippen LogP contribution in [0.2, 0.25) is 0 Å². The van der Waals surface area contributed by atoms with E-state index < -0.39 is 0 Å². The van der Waals surface area contributed by atoms with Gasteiger partial charge in [0.25, 0.3) is 0 Å². The van der Waals surface area contributed by atoms with Crippen LogP contribution in [0.15, 0.2) is 0 Å². The molecule has 0 bridgehead atoms. The predicted octanol–water partition coefficient (Wildman–Crippen LogP) is -5.82. The molecule has 0 aliphatic heterocycles. The maximum absolute atomic E-state index is 6.62. The number of rotatable bonds is 0. The lowest BCUT2D eigenvalue weighted by Gasteiger charge is -1.56. The summed E-state index contributed by atoms with van der Waals surface area (Å²) in [5.41, 5.74) is 0. The average Bonchev–Trinajstić information content (AvgIpc) is 0.918. The van der Waals surface area contributed by atoms with E-state index in [0.29, 0.717) is 0 Å². The van der Waals surface area contributed by atoms with E-state index in [2.05, 4.69) is 5.04 Å². The molecule has 10 heteroatoms. The van der Waals surface area contributed by atoms with Gasteiger partial charge in [-0.05, 0) is 0 Å². The molecule has 0 atom stereocenters. The van der Waals surface area contributed by atoms with Gasteiger partial charge >= 0.3 is 0 Å². The van der Waals surface area contributed by atoms with Crippen molar-refractivity contribution in [1.82, 2.24) is 0 Å². The second kappa shape index (κ2) is 1380. The fraction of sp³-hybridized carbons (Fsp3) is 0. The smallest absolute Gasteiger partial charge is 0.0737 e. The first-order chi connectivity index (χ1) is 1.41. The SMILES string of the molecule is O.O.O.O.O.O.O.OOO. The van der Waals surface area contributed by atoms with Gasteiger partial charge in [-0.25, -0.2) is 10.5 Å². The highest BCUT2D eigenvalue weighted by Gasteiger charge is 1.27. The first kappa shape index (κ1) is 277. The number of hydrogen-bond acceptors (Lipinski definition) is 3. The molecule has 0 saturated heterocycles. The van der Waals surface area contributed by atoms with Crippen LogP contribution in [0, 0.1) is 0 Å². The maximum atomic E-state index is 6.62. The Kier molecular flexibility index (Phi) is 38300. The number of hydrogen-bond donors (Lipinski definition) is 2. The van der Waals surface area contributed by atoms with E-state index in [1.165, 1.54) is 0 Å². The van der Waals surface area contributed by atoms with Crippen molar-refractivity contribution in [3.63, 3.8) is 0 Å². The minimum absolute atomic E-state index is 0. The normalized spacial score (nSPS) is 1.80. The molecule has 0 spiro atoms. The highest BCUT2D eigenvalue weighted by molar-refractivity contribution is 2.38. The molecular formula is H16O10. The lowest BCUT2D eigenvalue weighted by molar-refractivity contribution is -0.465. The van der Waals surface area contributed by atoms with Crippen molar-refractivity contribution in [2.75, 3.05) is 0 Å². The summed E-state index contributed by atoms with van der Waals surface area (Å²) in [5.74, 6) is 0. The van der Waals surface area contributed by atoms with E-state index in [9.17, 15) is 0 Å². The summed E-state index contributed by atoms with van der Waals surface area (Å²) in [6.07, 6.45) is 0. The third-order valence-corrected chi connectivity index (χ3v) is 0. The van der Waals surface area contributed by atoms with Crippen LogP contribution in [-0.2, 0) is 5.04 Å². The molecule has 0 aliphatic rings. The van der Waals surface area contributed by atoms with Gasteiger partial charge in [0.05, 0.1) is 0 Å². The molecule has 0 heterocycles. The fourth-order valence-corrected chi connectivity index (χ4v) is 0. The monoisotopic (exact) mass is 176 g/mol. The Morgan fingerprint density at radius 2 is 0.500 bits per heavy atom. The Bertz CT molecular complexity index is 0. The van der Waals surface area contributed by atoms with Gasteiger partial charge in [-0.3, -0.25) is 0 Å². The zero-order chi connectivity index (χ0) is 2.71. The molecule has 0 aromatic rings. The second-order valence-corrected chi connectivity index (χ2v) is 0.0816. The molecule has 0 amide bonds. The molecular weight excluding hydrogens is 160 g/mol.